The number of aryl methyl sites for hydroxylation is 1. The molecule has 9 heteroatoms. The highest BCUT2D eigenvalue weighted by Gasteiger charge is 2.19. The average molecular weight is 356 g/mol. The van der Waals surface area contributed by atoms with Gasteiger partial charge >= 0.3 is 0 Å². The highest BCUT2D eigenvalue weighted by molar-refractivity contribution is 8.13. The van der Waals surface area contributed by atoms with Gasteiger partial charge in [-0.05, 0) is 31.0 Å². The summed E-state index contributed by atoms with van der Waals surface area (Å²) >= 11 is 0. The van der Waals surface area contributed by atoms with Crippen molar-refractivity contribution in [2.24, 2.45) is 0 Å². The van der Waals surface area contributed by atoms with Crippen LogP contribution in [0.1, 0.15) is 22.3 Å². The quantitative estimate of drug-likeness (QED) is 0.620. The first-order valence-electron chi connectivity index (χ1n) is 5.96. The van der Waals surface area contributed by atoms with Crippen LogP contribution in [0.3, 0.4) is 0 Å². The van der Waals surface area contributed by atoms with Crippen molar-refractivity contribution in [3.05, 3.63) is 29.1 Å². The molecular weight excluding hydrogens is 341 g/mol. The molecule has 0 radical (unpaired) electrons. The zero-order valence-corrected chi connectivity index (χ0v) is 13.9. The van der Waals surface area contributed by atoms with Crippen molar-refractivity contribution in [1.29, 1.82) is 0 Å². The molecular formula is C12H15ClFNO4S2. The van der Waals surface area contributed by atoms with E-state index >= 15 is 0 Å². The van der Waals surface area contributed by atoms with E-state index in [0.717, 1.165) is 12.1 Å². The minimum atomic E-state index is -4.05. The summed E-state index contributed by atoms with van der Waals surface area (Å²) in [6.07, 6.45) is 2.02. The summed E-state index contributed by atoms with van der Waals surface area (Å²) < 4.78 is 47.3. The van der Waals surface area contributed by atoms with Crippen LogP contribution in [-0.4, -0.2) is 37.1 Å². The fourth-order valence-electron chi connectivity index (χ4n) is 1.62. The molecule has 1 aromatic carbocycles. The lowest BCUT2D eigenvalue weighted by Crippen LogP contribution is -2.26. The molecule has 0 saturated carbocycles. The van der Waals surface area contributed by atoms with Gasteiger partial charge in [-0.25, -0.2) is 12.8 Å². The van der Waals surface area contributed by atoms with Crippen molar-refractivity contribution in [1.82, 2.24) is 5.32 Å². The minimum Gasteiger partial charge on any atom is -0.352 e. The van der Waals surface area contributed by atoms with Crippen LogP contribution in [0.5, 0.6) is 0 Å². The van der Waals surface area contributed by atoms with Crippen molar-refractivity contribution in [3.8, 4) is 0 Å². The molecule has 1 rings (SSSR count). The number of halogens is 2. The molecule has 1 aromatic rings. The Kier molecular flexibility index (Phi) is 6.30. The number of carbonyl (C=O) groups is 1. The molecule has 21 heavy (non-hydrogen) atoms. The molecule has 5 nitrogen and oxygen atoms in total. The van der Waals surface area contributed by atoms with E-state index in [2.05, 4.69) is 5.32 Å². The molecule has 118 valence electrons. The number of hydrogen-bond donors (Lipinski definition) is 1. The van der Waals surface area contributed by atoms with Crippen LogP contribution in [0.2, 0.25) is 0 Å². The van der Waals surface area contributed by atoms with Gasteiger partial charge in [-0.15, -0.1) is 0 Å². The van der Waals surface area contributed by atoms with Gasteiger partial charge in [0, 0.05) is 40.0 Å². The summed E-state index contributed by atoms with van der Waals surface area (Å²) in [6, 6.07) is 1.96. The first kappa shape index (κ1) is 18.1. The van der Waals surface area contributed by atoms with E-state index in [1.54, 1.807) is 6.26 Å². The smallest absolute Gasteiger partial charge is 0.261 e. The largest absolute Gasteiger partial charge is 0.352 e. The van der Waals surface area contributed by atoms with Gasteiger partial charge in [-0.3, -0.25) is 9.00 Å². The number of carbonyl (C=O) groups excluding carboxylic acids is 1. The Morgan fingerprint density at radius 3 is 2.57 bits per heavy atom. The minimum absolute atomic E-state index is 0.0107. The number of rotatable bonds is 6. The molecule has 0 heterocycles. The van der Waals surface area contributed by atoms with Crippen molar-refractivity contribution in [3.63, 3.8) is 0 Å². The van der Waals surface area contributed by atoms with Crippen LogP contribution in [0.15, 0.2) is 17.0 Å². The lowest BCUT2D eigenvalue weighted by atomic mass is 10.1. The number of nitrogens with one attached hydrogen (secondary N) is 1. The van der Waals surface area contributed by atoms with Crippen LogP contribution in [0, 0.1) is 12.7 Å². The van der Waals surface area contributed by atoms with Crippen LogP contribution in [-0.2, 0) is 19.9 Å². The second kappa shape index (κ2) is 7.33. The topological polar surface area (TPSA) is 80.3 Å². The maximum absolute atomic E-state index is 13.9. The van der Waals surface area contributed by atoms with Gasteiger partial charge in [0.05, 0.1) is 10.5 Å². The third kappa shape index (κ3) is 5.37. The SMILES string of the molecule is Cc1cc(S(=O)(=O)Cl)cc(C(=O)NCCCS(C)=O)c1F. The Hall–Kier alpha value is -0.990. The molecule has 0 aliphatic carbocycles. The Balaban J connectivity index is 2.93. The van der Waals surface area contributed by atoms with Gasteiger partial charge in [0.15, 0.2) is 0 Å². The molecule has 0 aliphatic heterocycles. The van der Waals surface area contributed by atoms with Crippen LogP contribution in [0.25, 0.3) is 0 Å². The zero-order chi connectivity index (χ0) is 16.2. The second-order valence-electron chi connectivity index (χ2n) is 4.43. The van der Waals surface area contributed by atoms with Gasteiger partial charge < -0.3 is 5.32 Å². The summed E-state index contributed by atoms with van der Waals surface area (Å²) in [5.41, 5.74) is -0.372. The Morgan fingerprint density at radius 2 is 2.05 bits per heavy atom. The summed E-state index contributed by atoms with van der Waals surface area (Å²) in [7, 11) is 0.186. The Morgan fingerprint density at radius 1 is 1.43 bits per heavy atom. The third-order valence-corrected chi connectivity index (χ3v) is 4.85. The van der Waals surface area contributed by atoms with Crippen molar-refractivity contribution in [2.45, 2.75) is 18.2 Å². The maximum atomic E-state index is 13.9. The average Bonchev–Trinajstić information content (AvgIpc) is 2.35. The van der Waals surface area contributed by atoms with Gasteiger partial charge in [-0.2, -0.15) is 0 Å². The molecule has 1 atom stereocenters. The fraction of sp³-hybridized carbons (Fsp3) is 0.417. The predicted molar refractivity (Wildman–Crippen MR) is 80.1 cm³/mol. The van der Waals surface area contributed by atoms with E-state index in [-0.39, 0.29) is 22.6 Å². The zero-order valence-electron chi connectivity index (χ0n) is 11.5. The van der Waals surface area contributed by atoms with E-state index in [4.69, 9.17) is 10.7 Å². The summed E-state index contributed by atoms with van der Waals surface area (Å²) in [4.78, 5) is 11.5. The van der Waals surface area contributed by atoms with Crippen LogP contribution < -0.4 is 5.32 Å². The molecule has 1 unspecified atom stereocenters. The molecule has 0 saturated heterocycles. The maximum Gasteiger partial charge on any atom is 0.261 e. The van der Waals surface area contributed by atoms with E-state index in [0.29, 0.717) is 12.2 Å². The number of amides is 1. The van der Waals surface area contributed by atoms with Gasteiger partial charge in [0.25, 0.3) is 15.0 Å². The molecule has 1 amide bonds. The molecule has 0 spiro atoms. The fourth-order valence-corrected chi connectivity index (χ4v) is 3.01. The van der Waals surface area contributed by atoms with Gasteiger partial charge in [-0.1, -0.05) is 0 Å². The highest BCUT2D eigenvalue weighted by atomic mass is 35.7. The van der Waals surface area contributed by atoms with Gasteiger partial charge in [0.1, 0.15) is 5.82 Å². The second-order valence-corrected chi connectivity index (χ2v) is 8.55. The van der Waals surface area contributed by atoms with Crippen molar-refractivity contribution < 1.29 is 21.8 Å². The van der Waals surface area contributed by atoms with Crippen molar-refractivity contribution in [2.75, 3.05) is 18.6 Å². The van der Waals surface area contributed by atoms with Gasteiger partial charge in [0.2, 0.25) is 0 Å². The van der Waals surface area contributed by atoms with E-state index in [1.807, 2.05) is 0 Å². The normalized spacial score (nSPS) is 13.0. The van der Waals surface area contributed by atoms with E-state index in [9.17, 15) is 21.8 Å². The molecule has 0 aliphatic rings. The first-order valence-corrected chi connectivity index (χ1v) is 9.99. The van der Waals surface area contributed by atoms with E-state index in [1.165, 1.54) is 6.92 Å². The Bertz CT molecular complexity index is 676. The third-order valence-electron chi connectivity index (χ3n) is 2.65. The summed E-state index contributed by atoms with van der Waals surface area (Å²) in [6.45, 7) is 1.56. The summed E-state index contributed by atoms with van der Waals surface area (Å²) in [5.74, 6) is -1.12. The first-order chi connectivity index (χ1) is 9.62. The molecule has 0 fully saturated rings. The van der Waals surface area contributed by atoms with Crippen molar-refractivity contribution >= 4 is 36.4 Å². The van der Waals surface area contributed by atoms with E-state index < -0.39 is 31.6 Å². The monoisotopic (exact) mass is 355 g/mol. The molecule has 0 aromatic heterocycles. The lowest BCUT2D eigenvalue weighted by molar-refractivity contribution is 0.0949. The number of hydrogen-bond acceptors (Lipinski definition) is 4. The highest BCUT2D eigenvalue weighted by Crippen LogP contribution is 2.22. The van der Waals surface area contributed by atoms with Crippen LogP contribution in [0.4, 0.5) is 4.39 Å². The molecule has 0 bridgehead atoms. The Labute approximate surface area is 129 Å². The predicted octanol–water partition coefficient (Wildman–Crippen LogP) is 1.56. The van der Waals surface area contributed by atoms with Crippen LogP contribution >= 0.6 is 10.7 Å². The standard InChI is InChI=1S/C12H15ClFNO4S2/c1-8-6-9(21(13,18)19)7-10(11(8)14)12(16)15-4-3-5-20(2)17/h6-7H,3-5H2,1-2H3,(H,15,16). The summed E-state index contributed by atoms with van der Waals surface area (Å²) in [5, 5.41) is 2.45. The lowest BCUT2D eigenvalue weighted by Gasteiger charge is -2.09. The molecule has 1 N–H and O–H groups in total. The number of benzene rings is 1.